The molecule has 0 amide bonds. The van der Waals surface area contributed by atoms with Crippen molar-refractivity contribution in [2.24, 2.45) is 16.6 Å². The average molecular weight is 231 g/mol. The van der Waals surface area contributed by atoms with E-state index in [9.17, 15) is 0 Å². The van der Waals surface area contributed by atoms with Gasteiger partial charge in [-0.05, 0) is 23.5 Å². The molecule has 1 aliphatic rings. The highest BCUT2D eigenvalue weighted by Gasteiger charge is 2.14. The van der Waals surface area contributed by atoms with Crippen molar-refractivity contribution in [3.63, 3.8) is 0 Å². The third-order valence-electron chi connectivity index (χ3n) is 2.95. The van der Waals surface area contributed by atoms with Crippen LogP contribution in [0.25, 0.3) is 0 Å². The molecule has 0 spiro atoms. The van der Waals surface area contributed by atoms with E-state index < -0.39 is 0 Å². The maximum atomic E-state index is 5.77. The zero-order valence-electron chi connectivity index (χ0n) is 10.6. The molecular weight excluding hydrogens is 210 g/mol. The average Bonchev–Trinajstić information content (AvgIpc) is 2.29. The molecule has 3 N–H and O–H groups in total. The third kappa shape index (κ3) is 3.30. The molecule has 0 bridgehead atoms. The van der Waals surface area contributed by atoms with E-state index >= 15 is 0 Å². The van der Waals surface area contributed by atoms with E-state index in [-0.39, 0.29) is 6.17 Å². The van der Waals surface area contributed by atoms with E-state index in [1.807, 2.05) is 0 Å². The van der Waals surface area contributed by atoms with Crippen LogP contribution in [0.1, 0.15) is 37.6 Å². The van der Waals surface area contributed by atoms with Gasteiger partial charge in [-0.25, -0.2) is 4.99 Å². The van der Waals surface area contributed by atoms with Gasteiger partial charge >= 0.3 is 0 Å². The lowest BCUT2D eigenvalue weighted by molar-refractivity contribution is 0.539. The first-order chi connectivity index (χ1) is 8.15. The summed E-state index contributed by atoms with van der Waals surface area (Å²) in [6.07, 6.45) is 2.02. The van der Waals surface area contributed by atoms with E-state index in [1.165, 1.54) is 11.1 Å². The molecule has 1 aliphatic heterocycles. The Kier molecular flexibility index (Phi) is 3.79. The maximum Gasteiger partial charge on any atom is 0.127 e. The number of nitrogens with zero attached hydrogens (tertiary/aromatic N) is 1. The fraction of sp³-hybridized carbons (Fsp3) is 0.500. The van der Waals surface area contributed by atoms with Gasteiger partial charge in [-0.3, -0.25) is 5.32 Å². The van der Waals surface area contributed by atoms with Gasteiger partial charge in [0.15, 0.2) is 0 Å². The predicted molar refractivity (Wildman–Crippen MR) is 72.0 cm³/mol. The van der Waals surface area contributed by atoms with Gasteiger partial charge in [0.2, 0.25) is 0 Å². The van der Waals surface area contributed by atoms with E-state index in [0.29, 0.717) is 5.92 Å². The molecule has 17 heavy (non-hydrogen) atoms. The Labute approximate surface area is 103 Å². The third-order valence-corrected chi connectivity index (χ3v) is 2.95. The lowest BCUT2D eigenvalue weighted by Gasteiger charge is -2.20. The number of hydrogen-bond acceptors (Lipinski definition) is 3. The minimum absolute atomic E-state index is 0.0387. The van der Waals surface area contributed by atoms with Crippen LogP contribution in [0, 0.1) is 5.92 Å². The minimum atomic E-state index is 0.0387. The lowest BCUT2D eigenvalue weighted by Crippen LogP contribution is -2.32. The maximum absolute atomic E-state index is 5.77. The summed E-state index contributed by atoms with van der Waals surface area (Å²) >= 11 is 0. The fourth-order valence-corrected chi connectivity index (χ4v) is 2.11. The Hall–Kier alpha value is -1.35. The second-order valence-corrected chi connectivity index (χ2v) is 5.07. The topological polar surface area (TPSA) is 50.4 Å². The molecule has 0 aliphatic carbocycles. The van der Waals surface area contributed by atoms with Crippen LogP contribution in [0.15, 0.2) is 29.3 Å². The zero-order valence-corrected chi connectivity index (χ0v) is 10.6. The van der Waals surface area contributed by atoms with Crippen LogP contribution >= 0.6 is 0 Å². The Morgan fingerprint density at radius 3 is 2.65 bits per heavy atom. The summed E-state index contributed by atoms with van der Waals surface area (Å²) < 4.78 is 0. The quantitative estimate of drug-likeness (QED) is 0.838. The molecule has 3 heteroatoms. The zero-order chi connectivity index (χ0) is 12.3. The van der Waals surface area contributed by atoms with Gasteiger partial charge in [0.25, 0.3) is 0 Å². The van der Waals surface area contributed by atoms with E-state index in [4.69, 9.17) is 5.73 Å². The highest BCUT2D eigenvalue weighted by Crippen LogP contribution is 2.18. The molecule has 0 fully saturated rings. The molecule has 0 aromatic heterocycles. The van der Waals surface area contributed by atoms with Crippen molar-refractivity contribution in [1.82, 2.24) is 5.32 Å². The molecule has 3 nitrogen and oxygen atoms in total. The van der Waals surface area contributed by atoms with Crippen LogP contribution < -0.4 is 11.1 Å². The summed E-state index contributed by atoms with van der Waals surface area (Å²) in [6.45, 7) is 5.39. The SMILES string of the molecule is CC(C)Cc1ccc(C2N=C(N)CCN2)cc1. The second-order valence-electron chi connectivity index (χ2n) is 5.07. The highest BCUT2D eigenvalue weighted by atomic mass is 15.1. The van der Waals surface area contributed by atoms with Gasteiger partial charge in [-0.2, -0.15) is 0 Å². The highest BCUT2D eigenvalue weighted by molar-refractivity contribution is 5.81. The molecule has 1 atom stereocenters. The number of benzene rings is 1. The first kappa shape index (κ1) is 12.1. The van der Waals surface area contributed by atoms with Crippen molar-refractivity contribution < 1.29 is 0 Å². The van der Waals surface area contributed by atoms with E-state index in [1.54, 1.807) is 0 Å². The summed E-state index contributed by atoms with van der Waals surface area (Å²) in [5, 5.41) is 3.36. The molecule has 0 radical (unpaired) electrons. The first-order valence-corrected chi connectivity index (χ1v) is 6.29. The monoisotopic (exact) mass is 231 g/mol. The van der Waals surface area contributed by atoms with Crippen molar-refractivity contribution in [2.45, 2.75) is 32.9 Å². The van der Waals surface area contributed by atoms with Crippen LogP contribution in [0.5, 0.6) is 0 Å². The van der Waals surface area contributed by atoms with Crippen LogP contribution in [-0.2, 0) is 6.42 Å². The molecule has 1 unspecified atom stereocenters. The normalized spacial score (nSPS) is 20.4. The molecule has 1 aromatic carbocycles. The van der Waals surface area contributed by atoms with Gasteiger partial charge in [-0.1, -0.05) is 38.1 Å². The van der Waals surface area contributed by atoms with Gasteiger partial charge in [0, 0.05) is 13.0 Å². The predicted octanol–water partition coefficient (Wildman–Crippen LogP) is 2.23. The van der Waals surface area contributed by atoms with E-state index in [2.05, 4.69) is 48.4 Å². The van der Waals surface area contributed by atoms with Gasteiger partial charge in [0.1, 0.15) is 6.17 Å². The summed E-state index contributed by atoms with van der Waals surface area (Å²) in [4.78, 5) is 4.43. The number of nitrogens with two attached hydrogens (primary N) is 1. The molecule has 1 heterocycles. The number of hydrogen-bond donors (Lipinski definition) is 2. The number of nitrogens with one attached hydrogen (secondary N) is 1. The van der Waals surface area contributed by atoms with E-state index in [0.717, 1.165) is 25.2 Å². The van der Waals surface area contributed by atoms with Crippen molar-refractivity contribution in [3.05, 3.63) is 35.4 Å². The van der Waals surface area contributed by atoms with Crippen molar-refractivity contribution in [1.29, 1.82) is 0 Å². The summed E-state index contributed by atoms with van der Waals surface area (Å²) in [5.41, 5.74) is 8.35. The van der Waals surface area contributed by atoms with Gasteiger partial charge in [0.05, 0.1) is 5.84 Å². The van der Waals surface area contributed by atoms with Crippen LogP contribution in [0.4, 0.5) is 0 Å². The molecule has 92 valence electrons. The van der Waals surface area contributed by atoms with Crippen molar-refractivity contribution in [2.75, 3.05) is 6.54 Å². The Bertz CT molecular complexity index is 392. The Morgan fingerprint density at radius 1 is 1.35 bits per heavy atom. The second kappa shape index (κ2) is 5.32. The van der Waals surface area contributed by atoms with Crippen molar-refractivity contribution in [3.8, 4) is 0 Å². The molecule has 0 saturated heterocycles. The molecular formula is C14H21N3. The largest absolute Gasteiger partial charge is 0.387 e. The molecule has 0 saturated carbocycles. The Balaban J connectivity index is 2.09. The molecule has 1 aromatic rings. The van der Waals surface area contributed by atoms with Crippen molar-refractivity contribution >= 4 is 5.84 Å². The fourth-order valence-electron chi connectivity index (χ4n) is 2.11. The van der Waals surface area contributed by atoms with Crippen LogP contribution in [0.3, 0.4) is 0 Å². The Morgan fingerprint density at radius 2 is 2.06 bits per heavy atom. The number of amidine groups is 1. The smallest absolute Gasteiger partial charge is 0.127 e. The molecule has 2 rings (SSSR count). The summed E-state index contributed by atoms with van der Waals surface area (Å²) in [6, 6.07) is 8.68. The number of aliphatic imine (C=N–C) groups is 1. The first-order valence-electron chi connectivity index (χ1n) is 6.29. The minimum Gasteiger partial charge on any atom is -0.387 e. The van der Waals surface area contributed by atoms with Gasteiger partial charge < -0.3 is 5.73 Å². The lowest BCUT2D eigenvalue weighted by atomic mass is 10.0. The number of rotatable bonds is 3. The summed E-state index contributed by atoms with van der Waals surface area (Å²) in [7, 11) is 0. The van der Waals surface area contributed by atoms with Crippen LogP contribution in [0.2, 0.25) is 0 Å². The standard InChI is InChI=1S/C14H21N3/c1-10(2)9-11-3-5-12(6-4-11)14-16-8-7-13(15)17-14/h3-6,10,14,16H,7-9H2,1-2H3,(H2,15,17). The van der Waals surface area contributed by atoms with Crippen LogP contribution in [-0.4, -0.2) is 12.4 Å². The van der Waals surface area contributed by atoms with Gasteiger partial charge in [-0.15, -0.1) is 0 Å². The summed E-state index contributed by atoms with van der Waals surface area (Å²) in [5.74, 6) is 1.45.